The Balaban J connectivity index is 2.04. The molecule has 0 fully saturated rings. The van der Waals surface area contributed by atoms with Crippen molar-refractivity contribution >= 4 is 11.9 Å². The van der Waals surface area contributed by atoms with Crippen LogP contribution in [0.1, 0.15) is 52.8 Å². The summed E-state index contributed by atoms with van der Waals surface area (Å²) in [6, 6.07) is 3.95. The van der Waals surface area contributed by atoms with Crippen molar-refractivity contribution in [3.63, 3.8) is 0 Å². The predicted octanol–water partition coefficient (Wildman–Crippen LogP) is 3.92. The highest BCUT2D eigenvalue weighted by Crippen LogP contribution is 2.37. The molecule has 0 aliphatic heterocycles. The van der Waals surface area contributed by atoms with E-state index >= 15 is 0 Å². The highest BCUT2D eigenvalue weighted by atomic mass is 16.5. The van der Waals surface area contributed by atoms with Crippen LogP contribution in [0, 0.1) is 13.8 Å². The first-order valence-corrected chi connectivity index (χ1v) is 8.43. The summed E-state index contributed by atoms with van der Waals surface area (Å²) in [4.78, 5) is 12.8. The second-order valence-corrected chi connectivity index (χ2v) is 6.66. The summed E-state index contributed by atoms with van der Waals surface area (Å²) >= 11 is 0. The number of nitrogens with zero attached hydrogens (tertiary/aromatic N) is 2. The highest BCUT2D eigenvalue weighted by Gasteiger charge is 2.28. The standard InChI is InChI=1S/C20H24N2O3/c1-11(2)22-13(4)16(12(3)21-22)8-15-7-14-9-18(24-5)19(25-6)10-17(14)20(15)23/h8-11H,7H2,1-6H3. The number of carbonyl (C=O) groups excluding carboxylic acids is 1. The normalized spacial score (nSPS) is 15.2. The van der Waals surface area contributed by atoms with Crippen molar-refractivity contribution in [2.75, 3.05) is 14.2 Å². The molecule has 1 aromatic carbocycles. The SMILES string of the molecule is COc1cc2c(cc1OC)C(=O)C(=Cc1c(C)nn(C(C)C)c1C)C2. The van der Waals surface area contributed by atoms with Crippen LogP contribution in [-0.2, 0) is 6.42 Å². The van der Waals surface area contributed by atoms with Gasteiger partial charge >= 0.3 is 0 Å². The van der Waals surface area contributed by atoms with E-state index in [1.807, 2.05) is 30.7 Å². The second-order valence-electron chi connectivity index (χ2n) is 6.66. The molecule has 5 nitrogen and oxygen atoms in total. The molecule has 1 aliphatic rings. The van der Waals surface area contributed by atoms with Gasteiger partial charge in [0, 0.05) is 34.9 Å². The minimum Gasteiger partial charge on any atom is -0.493 e. The van der Waals surface area contributed by atoms with Crippen LogP contribution in [0.25, 0.3) is 6.08 Å². The lowest BCUT2D eigenvalue weighted by Gasteiger charge is -2.08. The average Bonchev–Trinajstić information content (AvgIpc) is 3.05. The molecule has 0 radical (unpaired) electrons. The van der Waals surface area contributed by atoms with E-state index in [0.717, 1.165) is 28.1 Å². The maximum Gasteiger partial charge on any atom is 0.189 e. The molecule has 0 saturated carbocycles. The van der Waals surface area contributed by atoms with Gasteiger partial charge in [0.1, 0.15) is 0 Å². The summed E-state index contributed by atoms with van der Waals surface area (Å²) in [5.74, 6) is 1.28. The van der Waals surface area contributed by atoms with Gasteiger partial charge in [0.2, 0.25) is 0 Å². The molecular weight excluding hydrogens is 316 g/mol. The average molecular weight is 340 g/mol. The zero-order valence-corrected chi connectivity index (χ0v) is 15.6. The van der Waals surface area contributed by atoms with Crippen molar-refractivity contribution in [3.8, 4) is 11.5 Å². The molecule has 0 amide bonds. The summed E-state index contributed by atoms with van der Waals surface area (Å²) in [6.07, 6.45) is 2.58. The van der Waals surface area contributed by atoms with Crippen LogP contribution >= 0.6 is 0 Å². The van der Waals surface area contributed by atoms with E-state index in [9.17, 15) is 4.79 Å². The van der Waals surface area contributed by atoms with Gasteiger partial charge in [-0.1, -0.05) is 0 Å². The minimum absolute atomic E-state index is 0.0482. The molecule has 0 saturated heterocycles. The minimum atomic E-state index is 0.0482. The molecule has 1 aliphatic carbocycles. The van der Waals surface area contributed by atoms with Crippen LogP contribution in [0.5, 0.6) is 11.5 Å². The van der Waals surface area contributed by atoms with Crippen molar-refractivity contribution in [1.29, 1.82) is 0 Å². The number of rotatable bonds is 4. The maximum absolute atomic E-state index is 12.8. The summed E-state index contributed by atoms with van der Waals surface area (Å²) in [7, 11) is 3.18. The van der Waals surface area contributed by atoms with Crippen LogP contribution < -0.4 is 9.47 Å². The second kappa shape index (κ2) is 6.39. The van der Waals surface area contributed by atoms with Crippen molar-refractivity contribution < 1.29 is 14.3 Å². The molecule has 0 spiro atoms. The fourth-order valence-electron chi connectivity index (χ4n) is 3.42. The van der Waals surface area contributed by atoms with Gasteiger partial charge in [-0.2, -0.15) is 5.10 Å². The fourth-order valence-corrected chi connectivity index (χ4v) is 3.42. The van der Waals surface area contributed by atoms with Gasteiger partial charge in [-0.25, -0.2) is 0 Å². The fraction of sp³-hybridized carbons (Fsp3) is 0.400. The molecule has 25 heavy (non-hydrogen) atoms. The van der Waals surface area contributed by atoms with E-state index in [1.54, 1.807) is 20.3 Å². The third-order valence-electron chi connectivity index (χ3n) is 4.72. The Bertz CT molecular complexity index is 876. The van der Waals surface area contributed by atoms with E-state index < -0.39 is 0 Å². The summed E-state index contributed by atoms with van der Waals surface area (Å²) in [6.45, 7) is 8.24. The lowest BCUT2D eigenvalue weighted by molar-refractivity contribution is 0.104. The Hall–Kier alpha value is -2.56. The number of hydrogen-bond acceptors (Lipinski definition) is 4. The monoisotopic (exact) mass is 340 g/mol. The molecule has 0 unspecified atom stereocenters. The van der Waals surface area contributed by atoms with Crippen molar-refractivity contribution in [2.24, 2.45) is 0 Å². The number of ketones is 1. The van der Waals surface area contributed by atoms with E-state index in [2.05, 4.69) is 18.9 Å². The molecule has 0 bridgehead atoms. The number of methoxy groups -OCH3 is 2. The Morgan fingerprint density at radius 2 is 1.80 bits per heavy atom. The Morgan fingerprint density at radius 3 is 2.36 bits per heavy atom. The molecule has 0 atom stereocenters. The summed E-state index contributed by atoms with van der Waals surface area (Å²) in [5, 5.41) is 4.60. The zero-order chi connectivity index (χ0) is 18.3. The topological polar surface area (TPSA) is 53.4 Å². The van der Waals surface area contributed by atoms with E-state index in [-0.39, 0.29) is 11.8 Å². The molecule has 2 aromatic rings. The molecule has 5 heteroatoms. The number of Topliss-reactive ketones (excluding diaryl/α,β-unsaturated/α-hetero) is 1. The highest BCUT2D eigenvalue weighted by molar-refractivity contribution is 6.16. The zero-order valence-electron chi connectivity index (χ0n) is 15.6. The predicted molar refractivity (Wildman–Crippen MR) is 97.6 cm³/mol. The van der Waals surface area contributed by atoms with Crippen LogP contribution in [0.2, 0.25) is 0 Å². The van der Waals surface area contributed by atoms with Crippen LogP contribution in [0.4, 0.5) is 0 Å². The van der Waals surface area contributed by atoms with Crippen LogP contribution in [-0.4, -0.2) is 29.8 Å². The molecular formula is C20H24N2O3. The third-order valence-corrected chi connectivity index (χ3v) is 4.72. The lowest BCUT2D eigenvalue weighted by atomic mass is 10.1. The lowest BCUT2D eigenvalue weighted by Crippen LogP contribution is -2.05. The van der Waals surface area contributed by atoms with Crippen molar-refractivity contribution in [1.82, 2.24) is 9.78 Å². The maximum atomic E-state index is 12.8. The smallest absolute Gasteiger partial charge is 0.189 e. The number of fused-ring (bicyclic) bond motifs is 1. The third kappa shape index (κ3) is 2.84. The first-order valence-electron chi connectivity index (χ1n) is 8.43. The summed E-state index contributed by atoms with van der Waals surface area (Å²) < 4.78 is 12.7. The molecule has 0 N–H and O–H groups in total. The van der Waals surface area contributed by atoms with Gasteiger partial charge < -0.3 is 9.47 Å². The Kier molecular flexibility index (Phi) is 4.41. The van der Waals surface area contributed by atoms with Crippen molar-refractivity contribution in [2.45, 2.75) is 40.2 Å². The van der Waals surface area contributed by atoms with E-state index in [1.165, 1.54) is 0 Å². The van der Waals surface area contributed by atoms with E-state index in [0.29, 0.717) is 23.5 Å². The number of carbonyl (C=O) groups is 1. The number of hydrogen-bond donors (Lipinski definition) is 0. The van der Waals surface area contributed by atoms with Gasteiger partial charge in [0.15, 0.2) is 17.3 Å². The first kappa shape index (κ1) is 17.3. The number of benzene rings is 1. The van der Waals surface area contributed by atoms with Crippen LogP contribution in [0.15, 0.2) is 17.7 Å². The summed E-state index contributed by atoms with van der Waals surface area (Å²) in [5.41, 5.74) is 5.50. The molecule has 3 rings (SSSR count). The number of ether oxygens (including phenoxy) is 2. The van der Waals surface area contributed by atoms with Gasteiger partial charge in [-0.15, -0.1) is 0 Å². The first-order chi connectivity index (χ1) is 11.9. The Morgan fingerprint density at radius 1 is 1.16 bits per heavy atom. The Labute approximate surface area is 148 Å². The van der Waals surface area contributed by atoms with Gasteiger partial charge in [0.05, 0.1) is 19.9 Å². The largest absolute Gasteiger partial charge is 0.493 e. The van der Waals surface area contributed by atoms with E-state index in [4.69, 9.17) is 9.47 Å². The molecule has 132 valence electrons. The quantitative estimate of drug-likeness (QED) is 0.792. The molecule has 1 aromatic heterocycles. The number of aryl methyl sites for hydroxylation is 1. The number of allylic oxidation sites excluding steroid dienone is 1. The molecule has 1 heterocycles. The van der Waals surface area contributed by atoms with Gasteiger partial charge in [-0.05, 0) is 51.5 Å². The van der Waals surface area contributed by atoms with Gasteiger partial charge in [-0.3, -0.25) is 9.48 Å². The van der Waals surface area contributed by atoms with Gasteiger partial charge in [0.25, 0.3) is 0 Å². The van der Waals surface area contributed by atoms with Crippen molar-refractivity contribution in [3.05, 3.63) is 45.8 Å². The number of aromatic nitrogens is 2. The van der Waals surface area contributed by atoms with Crippen LogP contribution in [0.3, 0.4) is 0 Å².